The van der Waals surface area contributed by atoms with Crippen LogP contribution < -0.4 is 10.1 Å². The Balaban J connectivity index is 1.38. The second kappa shape index (κ2) is 11.1. The molecular weight excluding hydrogens is 504 g/mol. The maximum absolute atomic E-state index is 13.0. The van der Waals surface area contributed by atoms with Crippen molar-refractivity contribution in [2.24, 2.45) is 0 Å². The maximum atomic E-state index is 13.0. The number of sulfonamides is 1. The minimum Gasteiger partial charge on any atom is -0.497 e. The van der Waals surface area contributed by atoms with Crippen LogP contribution in [-0.4, -0.2) is 74.5 Å². The number of piperazine rings is 1. The Morgan fingerprint density at radius 2 is 1.81 bits per heavy atom. The van der Waals surface area contributed by atoms with E-state index >= 15 is 0 Å². The smallest absolute Gasteiger partial charge is 0.409 e. The van der Waals surface area contributed by atoms with Crippen molar-refractivity contribution in [1.82, 2.24) is 14.2 Å². The first-order valence-corrected chi connectivity index (χ1v) is 13.6. The van der Waals surface area contributed by atoms with E-state index in [0.717, 1.165) is 5.56 Å². The normalized spacial score (nSPS) is 14.3. The molecule has 1 aliphatic rings. The Morgan fingerprint density at radius 3 is 2.47 bits per heavy atom. The van der Waals surface area contributed by atoms with Gasteiger partial charge < -0.3 is 14.4 Å². The first-order chi connectivity index (χ1) is 17.3. The van der Waals surface area contributed by atoms with Crippen LogP contribution in [0.1, 0.15) is 17.3 Å². The number of rotatable bonds is 7. The molecule has 0 saturated carbocycles. The fourth-order valence-electron chi connectivity index (χ4n) is 3.67. The molecule has 2 heterocycles. The standard InChI is InChI=1S/C24H26N4O6S2/c1-3-34-24(30)27-11-13-28(14-12-27)36(31,32)20-9-7-17(8-10-20)22(29)26-23-25-21(16-35-23)18-5-4-6-19(15-18)33-2/h4-10,15-16H,3,11-14H2,1-2H3,(H,25,26,29). The second-order valence-electron chi connectivity index (χ2n) is 7.84. The van der Waals surface area contributed by atoms with E-state index in [-0.39, 0.29) is 37.7 Å². The maximum Gasteiger partial charge on any atom is 0.409 e. The van der Waals surface area contributed by atoms with Crippen molar-refractivity contribution in [3.63, 3.8) is 0 Å². The third kappa shape index (κ3) is 5.66. The van der Waals surface area contributed by atoms with Crippen LogP contribution in [0.15, 0.2) is 58.8 Å². The highest BCUT2D eigenvalue weighted by Crippen LogP contribution is 2.28. The first kappa shape index (κ1) is 25.6. The quantitative estimate of drug-likeness (QED) is 0.496. The van der Waals surface area contributed by atoms with E-state index in [4.69, 9.17) is 9.47 Å². The van der Waals surface area contributed by atoms with Crippen LogP contribution >= 0.6 is 11.3 Å². The Hall–Kier alpha value is -3.48. The molecule has 1 N–H and O–H groups in total. The molecule has 0 atom stereocenters. The lowest BCUT2D eigenvalue weighted by Crippen LogP contribution is -2.50. The minimum atomic E-state index is -3.76. The molecule has 1 aliphatic heterocycles. The molecular formula is C24H26N4O6S2. The minimum absolute atomic E-state index is 0.0817. The van der Waals surface area contributed by atoms with Gasteiger partial charge in [0, 0.05) is 42.7 Å². The molecule has 0 spiro atoms. The summed E-state index contributed by atoms with van der Waals surface area (Å²) in [7, 11) is -2.16. The summed E-state index contributed by atoms with van der Waals surface area (Å²) in [6.07, 6.45) is -0.444. The van der Waals surface area contributed by atoms with Gasteiger partial charge in [-0.15, -0.1) is 11.3 Å². The van der Waals surface area contributed by atoms with Crippen LogP contribution in [0, 0.1) is 0 Å². The van der Waals surface area contributed by atoms with Crippen molar-refractivity contribution in [2.45, 2.75) is 11.8 Å². The first-order valence-electron chi connectivity index (χ1n) is 11.2. The summed E-state index contributed by atoms with van der Waals surface area (Å²) in [6, 6.07) is 13.2. The fraction of sp³-hybridized carbons (Fsp3) is 0.292. The molecule has 0 aliphatic carbocycles. The van der Waals surface area contributed by atoms with Gasteiger partial charge in [0.25, 0.3) is 5.91 Å². The molecule has 36 heavy (non-hydrogen) atoms. The molecule has 2 aromatic carbocycles. The van der Waals surface area contributed by atoms with E-state index in [2.05, 4.69) is 10.3 Å². The van der Waals surface area contributed by atoms with Crippen molar-refractivity contribution in [1.29, 1.82) is 0 Å². The van der Waals surface area contributed by atoms with Gasteiger partial charge in [0.2, 0.25) is 10.0 Å². The number of aromatic nitrogens is 1. The number of nitrogens with zero attached hydrogens (tertiary/aromatic N) is 3. The number of thiazole rings is 1. The SMILES string of the molecule is CCOC(=O)N1CCN(S(=O)(=O)c2ccc(C(=O)Nc3nc(-c4cccc(OC)c4)cs3)cc2)CC1. The third-order valence-electron chi connectivity index (χ3n) is 5.61. The van der Waals surface area contributed by atoms with Gasteiger partial charge in [0.1, 0.15) is 5.75 Å². The van der Waals surface area contributed by atoms with E-state index in [9.17, 15) is 18.0 Å². The monoisotopic (exact) mass is 530 g/mol. The zero-order valence-corrected chi connectivity index (χ0v) is 21.5. The van der Waals surface area contributed by atoms with E-state index in [0.29, 0.717) is 22.1 Å². The second-order valence-corrected chi connectivity index (χ2v) is 10.6. The predicted molar refractivity (Wildman–Crippen MR) is 136 cm³/mol. The molecule has 190 valence electrons. The average Bonchev–Trinajstić information content (AvgIpc) is 3.37. The number of amides is 2. The molecule has 12 heteroatoms. The van der Waals surface area contributed by atoms with Crippen LogP contribution in [0.5, 0.6) is 5.75 Å². The van der Waals surface area contributed by atoms with Gasteiger partial charge in [0.15, 0.2) is 5.13 Å². The van der Waals surface area contributed by atoms with Gasteiger partial charge in [-0.05, 0) is 43.3 Å². The number of methoxy groups -OCH3 is 1. The molecule has 1 aromatic heterocycles. The Bertz CT molecular complexity index is 1330. The van der Waals surface area contributed by atoms with E-state index in [1.165, 1.54) is 44.8 Å². The predicted octanol–water partition coefficient (Wildman–Crippen LogP) is 3.53. The van der Waals surface area contributed by atoms with E-state index in [1.54, 1.807) is 14.0 Å². The van der Waals surface area contributed by atoms with Crippen molar-refractivity contribution in [2.75, 3.05) is 45.2 Å². The van der Waals surface area contributed by atoms with Crippen molar-refractivity contribution < 1.29 is 27.5 Å². The molecule has 0 bridgehead atoms. The Labute approximate surface area is 213 Å². The molecule has 2 amide bonds. The summed E-state index contributed by atoms with van der Waals surface area (Å²) in [6.45, 7) is 2.84. The summed E-state index contributed by atoms with van der Waals surface area (Å²) in [5.41, 5.74) is 1.88. The lowest BCUT2D eigenvalue weighted by molar-refractivity contribution is 0.0933. The van der Waals surface area contributed by atoms with Gasteiger partial charge in [-0.25, -0.2) is 18.2 Å². The summed E-state index contributed by atoms with van der Waals surface area (Å²) >= 11 is 1.29. The van der Waals surface area contributed by atoms with Crippen molar-refractivity contribution in [3.05, 3.63) is 59.5 Å². The number of hydrogen-bond acceptors (Lipinski definition) is 8. The number of ether oxygens (including phenoxy) is 2. The Morgan fingerprint density at radius 1 is 1.08 bits per heavy atom. The van der Waals surface area contributed by atoms with Crippen LogP contribution in [0.3, 0.4) is 0 Å². The van der Waals surface area contributed by atoms with Crippen molar-refractivity contribution in [3.8, 4) is 17.0 Å². The summed E-state index contributed by atoms with van der Waals surface area (Å²) in [5.74, 6) is 0.315. The molecule has 1 fully saturated rings. The molecule has 1 saturated heterocycles. The zero-order chi connectivity index (χ0) is 25.7. The number of nitrogens with one attached hydrogen (secondary N) is 1. The number of anilines is 1. The van der Waals surface area contributed by atoms with Gasteiger partial charge >= 0.3 is 6.09 Å². The van der Waals surface area contributed by atoms with Crippen LogP contribution in [0.4, 0.5) is 9.93 Å². The number of carbonyl (C=O) groups is 2. The number of carbonyl (C=O) groups excluding carboxylic acids is 2. The number of hydrogen-bond donors (Lipinski definition) is 1. The highest BCUT2D eigenvalue weighted by atomic mass is 32.2. The average molecular weight is 531 g/mol. The largest absolute Gasteiger partial charge is 0.497 e. The highest BCUT2D eigenvalue weighted by molar-refractivity contribution is 7.89. The van der Waals surface area contributed by atoms with Crippen molar-refractivity contribution >= 4 is 38.5 Å². The van der Waals surface area contributed by atoms with Crippen LogP contribution in [0.2, 0.25) is 0 Å². The lowest BCUT2D eigenvalue weighted by Gasteiger charge is -2.33. The summed E-state index contributed by atoms with van der Waals surface area (Å²) < 4.78 is 37.6. The molecule has 3 aromatic rings. The van der Waals surface area contributed by atoms with Gasteiger partial charge in [-0.2, -0.15) is 4.31 Å². The topological polar surface area (TPSA) is 118 Å². The third-order valence-corrected chi connectivity index (χ3v) is 8.28. The lowest BCUT2D eigenvalue weighted by atomic mass is 10.2. The molecule has 4 rings (SSSR count). The highest BCUT2D eigenvalue weighted by Gasteiger charge is 2.30. The fourth-order valence-corrected chi connectivity index (χ4v) is 5.81. The van der Waals surface area contributed by atoms with Crippen LogP contribution in [-0.2, 0) is 14.8 Å². The van der Waals surface area contributed by atoms with Gasteiger partial charge in [-0.3, -0.25) is 10.1 Å². The molecule has 0 unspecified atom stereocenters. The molecule has 0 radical (unpaired) electrons. The van der Waals surface area contributed by atoms with Crippen LogP contribution in [0.25, 0.3) is 11.3 Å². The van der Waals surface area contributed by atoms with E-state index < -0.39 is 22.0 Å². The summed E-state index contributed by atoms with van der Waals surface area (Å²) in [4.78, 5) is 30.6. The van der Waals surface area contributed by atoms with E-state index in [1.807, 2.05) is 29.6 Å². The summed E-state index contributed by atoms with van der Waals surface area (Å²) in [5, 5.41) is 5.01. The Kier molecular flexibility index (Phi) is 7.87. The molecule has 10 nitrogen and oxygen atoms in total. The number of benzene rings is 2. The zero-order valence-electron chi connectivity index (χ0n) is 19.8. The van der Waals surface area contributed by atoms with Gasteiger partial charge in [-0.1, -0.05) is 12.1 Å². The van der Waals surface area contributed by atoms with Gasteiger partial charge in [0.05, 0.1) is 24.3 Å².